The SMILES string of the molecule is CC1CN=C(N)NC(N(C)CCc2ccccc2)=N1. The van der Waals surface area contributed by atoms with Crippen LogP contribution in [0.2, 0.25) is 0 Å². The highest BCUT2D eigenvalue weighted by atomic mass is 15.3. The highest BCUT2D eigenvalue weighted by molar-refractivity contribution is 5.98. The number of rotatable bonds is 3. The lowest BCUT2D eigenvalue weighted by molar-refractivity contribution is 0.491. The Morgan fingerprint density at radius 1 is 1.37 bits per heavy atom. The first kappa shape index (κ1) is 13.4. The maximum atomic E-state index is 5.76. The molecular weight excluding hydrogens is 238 g/mol. The van der Waals surface area contributed by atoms with Gasteiger partial charge >= 0.3 is 0 Å². The van der Waals surface area contributed by atoms with Crippen LogP contribution >= 0.6 is 0 Å². The third kappa shape index (κ3) is 3.98. The molecule has 19 heavy (non-hydrogen) atoms. The van der Waals surface area contributed by atoms with Crippen LogP contribution < -0.4 is 11.1 Å². The van der Waals surface area contributed by atoms with E-state index >= 15 is 0 Å². The summed E-state index contributed by atoms with van der Waals surface area (Å²) in [7, 11) is 2.01. The number of guanidine groups is 2. The van der Waals surface area contributed by atoms with Gasteiger partial charge < -0.3 is 10.6 Å². The summed E-state index contributed by atoms with van der Waals surface area (Å²) in [5, 5.41) is 3.05. The van der Waals surface area contributed by atoms with Crippen LogP contribution in [0.1, 0.15) is 12.5 Å². The van der Waals surface area contributed by atoms with E-state index < -0.39 is 0 Å². The van der Waals surface area contributed by atoms with E-state index in [1.807, 2.05) is 20.0 Å². The van der Waals surface area contributed by atoms with E-state index in [9.17, 15) is 0 Å². The van der Waals surface area contributed by atoms with Crippen LogP contribution in [0.5, 0.6) is 0 Å². The highest BCUT2D eigenvalue weighted by Gasteiger charge is 2.13. The molecule has 1 atom stereocenters. The standard InChI is InChI=1S/C14H21N5/c1-11-10-16-13(15)18-14(17-11)19(2)9-8-12-6-4-3-5-7-12/h3-7,11H,8-10H2,1-2H3,(H3,15,16,17,18). The molecule has 0 bridgehead atoms. The van der Waals surface area contributed by atoms with E-state index in [0.29, 0.717) is 12.5 Å². The van der Waals surface area contributed by atoms with Crippen molar-refractivity contribution >= 4 is 11.9 Å². The molecule has 0 aliphatic carbocycles. The second-order valence-electron chi connectivity index (χ2n) is 4.81. The van der Waals surface area contributed by atoms with Gasteiger partial charge in [-0.2, -0.15) is 0 Å². The lowest BCUT2D eigenvalue weighted by Gasteiger charge is -2.21. The van der Waals surface area contributed by atoms with Crippen LogP contribution in [-0.4, -0.2) is 43.0 Å². The van der Waals surface area contributed by atoms with Gasteiger partial charge in [0.05, 0.1) is 12.6 Å². The summed E-state index contributed by atoms with van der Waals surface area (Å²) < 4.78 is 0. The Hall–Kier alpha value is -2.04. The third-order valence-electron chi connectivity index (χ3n) is 3.05. The van der Waals surface area contributed by atoms with Crippen molar-refractivity contribution in [1.29, 1.82) is 0 Å². The molecule has 0 saturated heterocycles. The van der Waals surface area contributed by atoms with Gasteiger partial charge in [-0.3, -0.25) is 10.3 Å². The number of nitrogens with two attached hydrogens (primary N) is 1. The van der Waals surface area contributed by atoms with Crippen LogP contribution in [0.15, 0.2) is 40.3 Å². The topological polar surface area (TPSA) is 66.0 Å². The molecule has 1 aromatic carbocycles. The number of aliphatic imine (C=N–C) groups is 2. The zero-order chi connectivity index (χ0) is 13.7. The van der Waals surface area contributed by atoms with Crippen molar-refractivity contribution in [1.82, 2.24) is 10.2 Å². The number of nitrogens with one attached hydrogen (secondary N) is 1. The maximum Gasteiger partial charge on any atom is 0.200 e. The molecule has 1 heterocycles. The van der Waals surface area contributed by atoms with Gasteiger partial charge in [0.2, 0.25) is 5.96 Å². The highest BCUT2D eigenvalue weighted by Crippen LogP contribution is 2.02. The summed E-state index contributed by atoms with van der Waals surface area (Å²) in [4.78, 5) is 10.9. The fourth-order valence-corrected chi connectivity index (χ4v) is 1.91. The van der Waals surface area contributed by atoms with E-state index in [0.717, 1.165) is 18.9 Å². The zero-order valence-corrected chi connectivity index (χ0v) is 11.5. The lowest BCUT2D eigenvalue weighted by Crippen LogP contribution is -2.45. The van der Waals surface area contributed by atoms with Gasteiger partial charge in [-0.1, -0.05) is 30.3 Å². The Balaban J connectivity index is 1.95. The van der Waals surface area contributed by atoms with Crippen molar-refractivity contribution in [2.24, 2.45) is 15.7 Å². The first-order valence-corrected chi connectivity index (χ1v) is 6.55. The lowest BCUT2D eigenvalue weighted by atomic mass is 10.1. The molecule has 1 aromatic rings. The molecule has 1 unspecified atom stereocenters. The smallest absolute Gasteiger partial charge is 0.200 e. The molecule has 0 saturated carbocycles. The fourth-order valence-electron chi connectivity index (χ4n) is 1.91. The molecule has 2 rings (SSSR count). The zero-order valence-electron chi connectivity index (χ0n) is 11.5. The van der Waals surface area contributed by atoms with E-state index in [1.54, 1.807) is 0 Å². The van der Waals surface area contributed by atoms with Crippen molar-refractivity contribution in [2.75, 3.05) is 20.1 Å². The van der Waals surface area contributed by atoms with Crippen molar-refractivity contribution < 1.29 is 0 Å². The van der Waals surface area contributed by atoms with Gasteiger partial charge in [0, 0.05) is 13.6 Å². The van der Waals surface area contributed by atoms with E-state index in [4.69, 9.17) is 5.73 Å². The molecule has 0 radical (unpaired) electrons. The summed E-state index contributed by atoms with van der Waals surface area (Å²) in [6.07, 6.45) is 0.976. The molecule has 3 N–H and O–H groups in total. The third-order valence-corrected chi connectivity index (χ3v) is 3.05. The molecule has 5 heteroatoms. The molecule has 1 aliphatic heterocycles. The number of likely N-dealkylation sites (N-methyl/N-ethyl adjacent to an activating group) is 1. The quantitative estimate of drug-likeness (QED) is 0.844. The predicted octanol–water partition coefficient (Wildman–Crippen LogP) is 0.823. The Morgan fingerprint density at radius 2 is 2.11 bits per heavy atom. The van der Waals surface area contributed by atoms with E-state index in [2.05, 4.69) is 44.5 Å². The van der Waals surface area contributed by atoms with Crippen LogP contribution in [0.3, 0.4) is 0 Å². The summed E-state index contributed by atoms with van der Waals surface area (Å²) >= 11 is 0. The largest absolute Gasteiger partial charge is 0.370 e. The molecule has 0 amide bonds. The average Bonchev–Trinajstić information content (AvgIpc) is 2.59. The van der Waals surface area contributed by atoms with Crippen molar-refractivity contribution in [2.45, 2.75) is 19.4 Å². The summed E-state index contributed by atoms with van der Waals surface area (Å²) in [5.41, 5.74) is 7.08. The summed E-state index contributed by atoms with van der Waals surface area (Å²) in [6, 6.07) is 10.6. The van der Waals surface area contributed by atoms with Gasteiger partial charge in [0.25, 0.3) is 0 Å². The monoisotopic (exact) mass is 259 g/mol. The Kier molecular flexibility index (Phi) is 4.39. The fraction of sp³-hybridized carbons (Fsp3) is 0.429. The van der Waals surface area contributed by atoms with Crippen molar-refractivity contribution in [3.05, 3.63) is 35.9 Å². The van der Waals surface area contributed by atoms with Crippen LogP contribution in [0.25, 0.3) is 0 Å². The molecule has 1 aliphatic rings. The van der Waals surface area contributed by atoms with E-state index in [1.165, 1.54) is 5.56 Å². The van der Waals surface area contributed by atoms with Gasteiger partial charge in [-0.25, -0.2) is 4.99 Å². The molecule has 0 aromatic heterocycles. The van der Waals surface area contributed by atoms with Crippen LogP contribution in [0.4, 0.5) is 0 Å². The van der Waals surface area contributed by atoms with Crippen LogP contribution in [0, 0.1) is 0 Å². The average molecular weight is 259 g/mol. The number of hydrogen-bond acceptors (Lipinski definition) is 5. The first-order valence-electron chi connectivity index (χ1n) is 6.55. The van der Waals surface area contributed by atoms with Gasteiger partial charge in [-0.15, -0.1) is 0 Å². The minimum absolute atomic E-state index is 0.155. The number of hydrogen-bond donors (Lipinski definition) is 2. The van der Waals surface area contributed by atoms with Gasteiger partial charge in [-0.05, 0) is 18.9 Å². The maximum absolute atomic E-state index is 5.76. The van der Waals surface area contributed by atoms with E-state index in [-0.39, 0.29) is 6.04 Å². The van der Waals surface area contributed by atoms with Gasteiger partial charge in [0.1, 0.15) is 0 Å². The summed E-state index contributed by atoms with van der Waals surface area (Å²) in [6.45, 7) is 3.56. The summed E-state index contributed by atoms with van der Waals surface area (Å²) in [5.74, 6) is 1.23. The predicted molar refractivity (Wildman–Crippen MR) is 79.3 cm³/mol. The van der Waals surface area contributed by atoms with Gasteiger partial charge in [0.15, 0.2) is 5.96 Å². The number of benzene rings is 1. The molecule has 102 valence electrons. The Morgan fingerprint density at radius 3 is 2.84 bits per heavy atom. The minimum Gasteiger partial charge on any atom is -0.370 e. The number of nitrogens with zero attached hydrogens (tertiary/aromatic N) is 3. The minimum atomic E-state index is 0.155. The Labute approximate surface area is 114 Å². The van der Waals surface area contributed by atoms with Crippen molar-refractivity contribution in [3.8, 4) is 0 Å². The molecular formula is C14H21N5. The molecule has 0 fully saturated rings. The first-order chi connectivity index (χ1) is 9.15. The second kappa shape index (κ2) is 6.22. The normalized spacial score (nSPS) is 18.9. The Bertz CT molecular complexity index is 466. The van der Waals surface area contributed by atoms with Crippen molar-refractivity contribution in [3.63, 3.8) is 0 Å². The molecule has 5 nitrogen and oxygen atoms in total. The molecule has 0 spiro atoms. The second-order valence-corrected chi connectivity index (χ2v) is 4.81. The van der Waals surface area contributed by atoms with Crippen LogP contribution in [-0.2, 0) is 6.42 Å².